The van der Waals surface area contributed by atoms with E-state index in [1.54, 1.807) is 0 Å². The van der Waals surface area contributed by atoms with Gasteiger partial charge < -0.3 is 25.2 Å². The second-order valence-corrected chi connectivity index (χ2v) is 6.99. The monoisotopic (exact) mass is 376 g/mol. The summed E-state index contributed by atoms with van der Waals surface area (Å²) in [4.78, 5) is 18.2. The van der Waals surface area contributed by atoms with E-state index in [9.17, 15) is 5.11 Å². The van der Waals surface area contributed by atoms with Crippen molar-refractivity contribution in [3.05, 3.63) is 35.5 Å². The van der Waals surface area contributed by atoms with Gasteiger partial charge in [-0.25, -0.2) is 9.59 Å². The number of aliphatic hydroxyl groups is 1. The molecule has 1 heterocycles. The first-order valence-electron chi connectivity index (χ1n) is 9.23. The highest BCUT2D eigenvalue weighted by atomic mass is 16.4. The van der Waals surface area contributed by atoms with Gasteiger partial charge in [0.25, 0.3) is 0 Å². The third-order valence-electron chi connectivity index (χ3n) is 5.12. The van der Waals surface area contributed by atoms with E-state index in [1.165, 1.54) is 47.8 Å². The van der Waals surface area contributed by atoms with Crippen molar-refractivity contribution in [1.82, 2.24) is 9.88 Å². The summed E-state index contributed by atoms with van der Waals surface area (Å²) in [5.41, 5.74) is 3.81. The molecule has 3 rings (SSSR count). The summed E-state index contributed by atoms with van der Waals surface area (Å²) in [6.07, 6.45) is 4.84. The number of hydrogen-bond acceptors (Lipinski definition) is 4. The van der Waals surface area contributed by atoms with Crippen molar-refractivity contribution in [2.45, 2.75) is 58.2 Å². The summed E-state index contributed by atoms with van der Waals surface area (Å²) >= 11 is 0. The molecule has 0 radical (unpaired) electrons. The summed E-state index contributed by atoms with van der Waals surface area (Å²) in [7, 11) is 0. The maximum absolute atomic E-state index is 10.4. The van der Waals surface area contributed by atoms with Crippen molar-refractivity contribution in [1.29, 1.82) is 0 Å². The molecule has 7 heteroatoms. The molecule has 0 bridgehead atoms. The summed E-state index contributed by atoms with van der Waals surface area (Å²) in [6, 6.07) is 9.07. The summed E-state index contributed by atoms with van der Waals surface area (Å²) in [5, 5.41) is 30.0. The van der Waals surface area contributed by atoms with Crippen molar-refractivity contribution in [3.8, 4) is 0 Å². The fourth-order valence-corrected chi connectivity index (χ4v) is 3.55. The van der Waals surface area contributed by atoms with Crippen LogP contribution in [-0.2, 0) is 16.1 Å². The van der Waals surface area contributed by atoms with E-state index in [0.29, 0.717) is 19.1 Å². The molecule has 1 aromatic carbocycles. The zero-order chi connectivity index (χ0) is 20.0. The van der Waals surface area contributed by atoms with Gasteiger partial charge >= 0.3 is 11.9 Å². The maximum atomic E-state index is 10.4. The molecule has 1 atom stereocenters. The van der Waals surface area contributed by atoms with E-state index in [0.717, 1.165) is 0 Å². The Morgan fingerprint density at radius 2 is 1.74 bits per heavy atom. The van der Waals surface area contributed by atoms with Crippen LogP contribution in [-0.4, -0.2) is 50.5 Å². The Morgan fingerprint density at radius 1 is 1.15 bits per heavy atom. The minimum atomic E-state index is -1.82. The van der Waals surface area contributed by atoms with E-state index in [4.69, 9.17) is 19.8 Å². The van der Waals surface area contributed by atoms with E-state index in [2.05, 4.69) is 48.0 Å². The quantitative estimate of drug-likeness (QED) is 0.596. The van der Waals surface area contributed by atoms with Gasteiger partial charge in [0.2, 0.25) is 0 Å². The number of benzene rings is 1. The van der Waals surface area contributed by atoms with Gasteiger partial charge in [0.15, 0.2) is 0 Å². The number of para-hydroxylation sites is 1. The molecule has 1 aliphatic rings. The van der Waals surface area contributed by atoms with Crippen LogP contribution < -0.4 is 5.32 Å². The number of aliphatic carboxylic acids is 2. The predicted octanol–water partition coefficient (Wildman–Crippen LogP) is 2.31. The number of aryl methyl sites for hydroxylation is 1. The summed E-state index contributed by atoms with van der Waals surface area (Å²) in [5.74, 6) is -3.65. The van der Waals surface area contributed by atoms with Gasteiger partial charge in [-0.3, -0.25) is 0 Å². The Hall–Kier alpha value is -2.38. The van der Waals surface area contributed by atoms with E-state index < -0.39 is 11.9 Å². The Balaban J connectivity index is 0.000000380. The van der Waals surface area contributed by atoms with Crippen LogP contribution in [0.2, 0.25) is 0 Å². The van der Waals surface area contributed by atoms with E-state index in [-0.39, 0.29) is 6.10 Å². The average molecular weight is 376 g/mol. The van der Waals surface area contributed by atoms with Crippen molar-refractivity contribution in [2.75, 3.05) is 6.54 Å². The van der Waals surface area contributed by atoms with Gasteiger partial charge in [-0.05, 0) is 38.3 Å². The average Bonchev–Trinajstić information content (AvgIpc) is 3.24. The van der Waals surface area contributed by atoms with Gasteiger partial charge in [-0.1, -0.05) is 31.0 Å². The lowest BCUT2D eigenvalue weighted by atomic mass is 10.2. The van der Waals surface area contributed by atoms with Crippen LogP contribution in [0.3, 0.4) is 0 Å². The number of carboxylic acid groups (broad SMARTS) is 2. The van der Waals surface area contributed by atoms with Crippen molar-refractivity contribution in [2.24, 2.45) is 0 Å². The van der Waals surface area contributed by atoms with E-state index >= 15 is 0 Å². The molecule has 1 aromatic heterocycles. The SMILES string of the molecule is Cc1c(C)n(CC(O)CNC2CCCC2)c2ccccc12.O=C(O)C(=O)O. The van der Waals surface area contributed by atoms with Crippen LogP contribution >= 0.6 is 0 Å². The standard InChI is InChI=1S/C18H26N2O.C2H2O4/c1-13-14(2)20(18-10-6-5-9-17(13)18)12-16(21)11-19-15-7-3-4-8-15;3-1(4)2(5)6/h5-6,9-10,15-16,19,21H,3-4,7-8,11-12H2,1-2H3;(H,3,4)(H,5,6). The number of aliphatic hydroxyl groups excluding tert-OH is 1. The molecule has 0 saturated heterocycles. The maximum Gasteiger partial charge on any atom is 0.414 e. The molecule has 7 nitrogen and oxygen atoms in total. The van der Waals surface area contributed by atoms with Crippen LogP contribution in [0.1, 0.15) is 36.9 Å². The number of fused-ring (bicyclic) bond motifs is 1. The Bertz CT molecular complexity index is 781. The zero-order valence-electron chi connectivity index (χ0n) is 15.8. The molecule has 0 aliphatic heterocycles. The minimum Gasteiger partial charge on any atom is -0.473 e. The summed E-state index contributed by atoms with van der Waals surface area (Å²) < 4.78 is 2.26. The third kappa shape index (κ3) is 5.55. The fourth-order valence-electron chi connectivity index (χ4n) is 3.55. The molecule has 4 N–H and O–H groups in total. The second kappa shape index (κ2) is 9.53. The number of nitrogens with zero attached hydrogens (tertiary/aromatic N) is 1. The number of rotatable bonds is 5. The largest absolute Gasteiger partial charge is 0.473 e. The van der Waals surface area contributed by atoms with Crippen LogP contribution in [0.5, 0.6) is 0 Å². The molecule has 1 fully saturated rings. The van der Waals surface area contributed by atoms with Gasteiger partial charge in [0.05, 0.1) is 12.6 Å². The number of nitrogens with one attached hydrogen (secondary N) is 1. The zero-order valence-corrected chi connectivity index (χ0v) is 15.8. The molecule has 0 spiro atoms. The highest BCUT2D eigenvalue weighted by Crippen LogP contribution is 2.25. The van der Waals surface area contributed by atoms with Gasteiger partial charge in [0.1, 0.15) is 0 Å². The van der Waals surface area contributed by atoms with Crippen LogP contribution in [0.15, 0.2) is 24.3 Å². The lowest BCUT2D eigenvalue weighted by molar-refractivity contribution is -0.159. The Kier molecular flexibility index (Phi) is 7.38. The first-order valence-corrected chi connectivity index (χ1v) is 9.23. The van der Waals surface area contributed by atoms with Crippen molar-refractivity contribution in [3.63, 3.8) is 0 Å². The molecular weight excluding hydrogens is 348 g/mol. The third-order valence-corrected chi connectivity index (χ3v) is 5.12. The highest BCUT2D eigenvalue weighted by Gasteiger charge is 2.17. The lowest BCUT2D eigenvalue weighted by Crippen LogP contribution is -2.36. The highest BCUT2D eigenvalue weighted by molar-refractivity contribution is 6.27. The number of hydrogen-bond donors (Lipinski definition) is 4. The van der Waals surface area contributed by atoms with Crippen LogP contribution in [0, 0.1) is 13.8 Å². The predicted molar refractivity (Wildman–Crippen MR) is 103 cm³/mol. The number of carbonyl (C=O) groups is 2. The molecule has 1 unspecified atom stereocenters. The minimum absolute atomic E-state index is 0.334. The topological polar surface area (TPSA) is 112 Å². The lowest BCUT2D eigenvalue weighted by Gasteiger charge is -2.18. The number of aromatic nitrogens is 1. The van der Waals surface area contributed by atoms with Crippen molar-refractivity contribution < 1.29 is 24.9 Å². The first-order chi connectivity index (χ1) is 12.8. The molecule has 1 saturated carbocycles. The Labute approximate surface area is 158 Å². The smallest absolute Gasteiger partial charge is 0.414 e. The van der Waals surface area contributed by atoms with E-state index in [1.807, 2.05) is 0 Å². The van der Waals surface area contributed by atoms with Crippen LogP contribution in [0.25, 0.3) is 10.9 Å². The van der Waals surface area contributed by atoms with Gasteiger partial charge in [-0.15, -0.1) is 0 Å². The first kappa shape index (κ1) is 20.9. The van der Waals surface area contributed by atoms with Crippen LogP contribution in [0.4, 0.5) is 0 Å². The second-order valence-electron chi connectivity index (χ2n) is 6.99. The molecular formula is C20H28N2O5. The molecule has 1 aliphatic carbocycles. The fraction of sp³-hybridized carbons (Fsp3) is 0.500. The molecule has 0 amide bonds. The summed E-state index contributed by atoms with van der Waals surface area (Å²) in [6.45, 7) is 5.67. The van der Waals surface area contributed by atoms with Crippen molar-refractivity contribution >= 4 is 22.8 Å². The van der Waals surface area contributed by atoms with Gasteiger partial charge in [0, 0.05) is 29.2 Å². The molecule has 27 heavy (non-hydrogen) atoms. The normalized spacial score (nSPS) is 15.4. The number of carboxylic acids is 2. The Morgan fingerprint density at radius 3 is 2.33 bits per heavy atom. The molecule has 148 valence electrons. The molecule has 2 aromatic rings. The van der Waals surface area contributed by atoms with Gasteiger partial charge in [-0.2, -0.15) is 0 Å².